The van der Waals surface area contributed by atoms with E-state index in [0.717, 1.165) is 49.2 Å². The molecular weight excluding hydrogens is 531 g/mol. The summed E-state index contributed by atoms with van der Waals surface area (Å²) in [5.41, 5.74) is 0. The number of aliphatic imine (C=N–C) groups is 1. The molecule has 1 fully saturated rings. The highest BCUT2D eigenvalue weighted by Crippen LogP contribution is 2.20. The van der Waals surface area contributed by atoms with E-state index in [4.69, 9.17) is 11.6 Å². The highest BCUT2D eigenvalue weighted by atomic mass is 127. The van der Waals surface area contributed by atoms with Gasteiger partial charge in [0, 0.05) is 48.4 Å². The van der Waals surface area contributed by atoms with Crippen molar-refractivity contribution in [1.82, 2.24) is 14.9 Å². The summed E-state index contributed by atoms with van der Waals surface area (Å²) >= 11 is 7.67. The van der Waals surface area contributed by atoms with Crippen LogP contribution in [0.1, 0.15) is 19.8 Å². The van der Waals surface area contributed by atoms with Gasteiger partial charge in [0.2, 0.25) is 10.0 Å². The van der Waals surface area contributed by atoms with Crippen molar-refractivity contribution in [1.29, 1.82) is 0 Å². The largest absolute Gasteiger partial charge is 0.357 e. The molecule has 0 radical (unpaired) electrons. The summed E-state index contributed by atoms with van der Waals surface area (Å²) in [6, 6.07) is 7.85. The molecule has 1 aliphatic heterocycles. The first-order chi connectivity index (χ1) is 12.9. The number of rotatable bonds is 8. The number of thioether (sulfide) groups is 1. The number of nitrogens with one attached hydrogen (secondary N) is 2. The second-order valence-corrected chi connectivity index (χ2v) is 10.1. The third-order valence-corrected chi connectivity index (χ3v) is 6.94. The third-order valence-electron chi connectivity index (χ3n) is 4.37. The molecule has 1 aromatic carbocycles. The van der Waals surface area contributed by atoms with Crippen LogP contribution in [0.15, 0.2) is 34.2 Å². The van der Waals surface area contributed by atoms with Gasteiger partial charge in [-0.15, -0.1) is 35.7 Å². The third kappa shape index (κ3) is 9.51. The first-order valence-electron chi connectivity index (χ1n) is 9.24. The number of benzene rings is 1. The van der Waals surface area contributed by atoms with Crippen LogP contribution in [0.3, 0.4) is 0 Å². The number of hydrogen-bond donors (Lipinski definition) is 2. The lowest BCUT2D eigenvalue weighted by Crippen LogP contribution is -2.40. The standard InChI is InChI=1S/C18H29ClN4O2S2.HI/c1-3-20-18(21-10-13-26-17-6-4-16(19)5-7-17)22-14-15-8-11-23(12-9-15)27(2,24)25;/h4-7,15H,3,8-14H2,1-2H3,(H2,20,21,22);1H. The van der Waals surface area contributed by atoms with Crippen molar-refractivity contribution >= 4 is 63.3 Å². The van der Waals surface area contributed by atoms with Gasteiger partial charge < -0.3 is 10.6 Å². The fourth-order valence-electron chi connectivity index (χ4n) is 2.85. The minimum Gasteiger partial charge on any atom is -0.357 e. The minimum absolute atomic E-state index is 0. The Hall–Kier alpha value is -0.230. The summed E-state index contributed by atoms with van der Waals surface area (Å²) < 4.78 is 24.7. The first-order valence-corrected chi connectivity index (χ1v) is 12.5. The monoisotopic (exact) mass is 560 g/mol. The van der Waals surface area contributed by atoms with Gasteiger partial charge >= 0.3 is 0 Å². The highest BCUT2D eigenvalue weighted by Gasteiger charge is 2.24. The number of hydrogen-bond acceptors (Lipinski definition) is 4. The quantitative estimate of drug-likeness (QED) is 0.168. The lowest BCUT2D eigenvalue weighted by atomic mass is 9.98. The molecule has 2 rings (SSSR count). The number of guanidine groups is 1. The fourth-order valence-corrected chi connectivity index (χ4v) is 4.62. The van der Waals surface area contributed by atoms with Crippen molar-refractivity contribution in [3.8, 4) is 0 Å². The Balaban J connectivity index is 0.00000392. The van der Waals surface area contributed by atoms with Crippen LogP contribution in [0.2, 0.25) is 5.02 Å². The molecule has 2 N–H and O–H groups in total. The number of nitrogens with zero attached hydrogens (tertiary/aromatic N) is 2. The van der Waals surface area contributed by atoms with Gasteiger partial charge in [0.15, 0.2) is 5.96 Å². The summed E-state index contributed by atoms with van der Waals surface area (Å²) in [5.74, 6) is 2.18. The predicted molar refractivity (Wildman–Crippen MR) is 131 cm³/mol. The van der Waals surface area contributed by atoms with Crippen molar-refractivity contribution in [3.05, 3.63) is 29.3 Å². The van der Waals surface area contributed by atoms with E-state index in [1.807, 2.05) is 31.2 Å². The molecule has 0 aromatic heterocycles. The van der Waals surface area contributed by atoms with E-state index in [1.165, 1.54) is 11.2 Å². The van der Waals surface area contributed by atoms with Gasteiger partial charge in [-0.2, -0.15) is 0 Å². The highest BCUT2D eigenvalue weighted by molar-refractivity contribution is 14.0. The molecule has 1 saturated heterocycles. The van der Waals surface area contributed by atoms with E-state index in [1.54, 1.807) is 16.1 Å². The summed E-state index contributed by atoms with van der Waals surface area (Å²) in [6.07, 6.45) is 3.01. The van der Waals surface area contributed by atoms with Crippen molar-refractivity contribution in [2.75, 3.05) is 44.7 Å². The topological polar surface area (TPSA) is 73.8 Å². The zero-order chi connectivity index (χ0) is 19.7. The fraction of sp³-hybridized carbons (Fsp3) is 0.611. The molecule has 0 aliphatic carbocycles. The van der Waals surface area contributed by atoms with Crippen LogP contribution in [-0.4, -0.2) is 63.4 Å². The van der Waals surface area contributed by atoms with E-state index in [-0.39, 0.29) is 24.0 Å². The van der Waals surface area contributed by atoms with Crippen molar-refractivity contribution in [3.63, 3.8) is 0 Å². The number of halogens is 2. The van der Waals surface area contributed by atoms with Crippen molar-refractivity contribution in [2.45, 2.75) is 24.7 Å². The van der Waals surface area contributed by atoms with Gasteiger partial charge in [-0.1, -0.05) is 11.6 Å². The van der Waals surface area contributed by atoms with Crippen molar-refractivity contribution in [2.24, 2.45) is 10.9 Å². The first kappa shape index (κ1) is 25.8. The zero-order valence-corrected chi connectivity index (χ0v) is 21.1. The second kappa shape index (κ2) is 13.1. The van der Waals surface area contributed by atoms with Crippen LogP contribution in [0.5, 0.6) is 0 Å². The van der Waals surface area contributed by atoms with Crippen LogP contribution in [0.25, 0.3) is 0 Å². The zero-order valence-electron chi connectivity index (χ0n) is 16.4. The SMILES string of the molecule is CCNC(=NCC1CCN(S(C)(=O)=O)CC1)NCCSc1ccc(Cl)cc1.I. The molecule has 6 nitrogen and oxygen atoms in total. The molecule has 0 saturated carbocycles. The summed E-state index contributed by atoms with van der Waals surface area (Å²) in [5, 5.41) is 7.38. The molecule has 160 valence electrons. The lowest BCUT2D eigenvalue weighted by Gasteiger charge is -2.29. The van der Waals surface area contributed by atoms with E-state index < -0.39 is 10.0 Å². The Labute approximate surface area is 195 Å². The molecule has 0 bridgehead atoms. The van der Waals surface area contributed by atoms with Crippen LogP contribution in [0.4, 0.5) is 0 Å². The smallest absolute Gasteiger partial charge is 0.211 e. The lowest BCUT2D eigenvalue weighted by molar-refractivity contribution is 0.280. The molecule has 1 heterocycles. The van der Waals surface area contributed by atoms with Gasteiger partial charge in [0.1, 0.15) is 0 Å². The molecule has 0 spiro atoms. The average Bonchev–Trinajstić information content (AvgIpc) is 2.64. The Morgan fingerprint density at radius 2 is 1.89 bits per heavy atom. The second-order valence-electron chi connectivity index (χ2n) is 6.55. The maximum atomic E-state index is 11.6. The van der Waals surface area contributed by atoms with E-state index in [2.05, 4.69) is 15.6 Å². The maximum Gasteiger partial charge on any atom is 0.211 e. The number of sulfonamides is 1. The molecular formula is C18H30ClIN4O2S2. The van der Waals surface area contributed by atoms with Gasteiger partial charge in [0.05, 0.1) is 6.26 Å². The van der Waals surface area contributed by atoms with E-state index in [0.29, 0.717) is 19.0 Å². The molecule has 0 amide bonds. The predicted octanol–water partition coefficient (Wildman–Crippen LogP) is 3.28. The van der Waals surface area contributed by atoms with Gasteiger partial charge in [0.25, 0.3) is 0 Å². The van der Waals surface area contributed by atoms with Crippen LogP contribution in [0, 0.1) is 5.92 Å². The molecule has 0 unspecified atom stereocenters. The van der Waals surface area contributed by atoms with Crippen molar-refractivity contribution < 1.29 is 8.42 Å². The summed E-state index contributed by atoms with van der Waals surface area (Å²) in [6.45, 7) is 5.58. The van der Waals surface area contributed by atoms with E-state index in [9.17, 15) is 8.42 Å². The minimum atomic E-state index is -3.07. The Bertz CT molecular complexity index is 709. The molecule has 0 atom stereocenters. The summed E-state index contributed by atoms with van der Waals surface area (Å²) in [7, 11) is -3.07. The summed E-state index contributed by atoms with van der Waals surface area (Å²) in [4.78, 5) is 5.88. The molecule has 28 heavy (non-hydrogen) atoms. The van der Waals surface area contributed by atoms with Crippen LogP contribution < -0.4 is 10.6 Å². The Kier molecular flexibility index (Phi) is 12.1. The van der Waals surface area contributed by atoms with Gasteiger partial charge in [-0.25, -0.2) is 12.7 Å². The maximum absolute atomic E-state index is 11.6. The Morgan fingerprint density at radius 3 is 2.46 bits per heavy atom. The molecule has 1 aromatic rings. The normalized spacial score (nSPS) is 16.5. The van der Waals surface area contributed by atoms with Gasteiger partial charge in [-0.3, -0.25) is 4.99 Å². The Morgan fingerprint density at radius 1 is 1.25 bits per heavy atom. The molecule has 1 aliphatic rings. The average molecular weight is 561 g/mol. The molecule has 10 heteroatoms. The number of piperidine rings is 1. The van der Waals surface area contributed by atoms with Crippen LogP contribution >= 0.6 is 47.3 Å². The van der Waals surface area contributed by atoms with Gasteiger partial charge in [-0.05, 0) is 49.9 Å². The van der Waals surface area contributed by atoms with Crippen LogP contribution in [-0.2, 0) is 10.0 Å². The van der Waals surface area contributed by atoms with E-state index >= 15 is 0 Å².